The standard InChI is InChI=1S/C13H15NO2S/c1-14-7-3-6-13(14)11-8-9(15-2)4-5-10(11)12(17)16-13/h4-5,8H,3,6-7H2,1-2H3. The molecule has 0 aromatic heterocycles. The largest absolute Gasteiger partial charge is 0.497 e. The van der Waals surface area contributed by atoms with E-state index in [-0.39, 0.29) is 5.72 Å². The van der Waals surface area contributed by atoms with Gasteiger partial charge in [0.25, 0.3) is 0 Å². The lowest BCUT2D eigenvalue weighted by Gasteiger charge is -2.31. The Labute approximate surface area is 106 Å². The third-order valence-corrected chi connectivity index (χ3v) is 4.06. The minimum absolute atomic E-state index is 0.346. The number of likely N-dealkylation sites (tertiary alicyclic amines) is 1. The molecular formula is C13H15NO2S. The smallest absolute Gasteiger partial charge is 0.194 e. The summed E-state index contributed by atoms with van der Waals surface area (Å²) in [5.41, 5.74) is 1.84. The van der Waals surface area contributed by atoms with E-state index in [0.717, 1.165) is 36.3 Å². The van der Waals surface area contributed by atoms with E-state index in [1.54, 1.807) is 7.11 Å². The predicted molar refractivity (Wildman–Crippen MR) is 69.3 cm³/mol. The molecule has 3 rings (SSSR count). The first-order chi connectivity index (χ1) is 8.17. The zero-order valence-corrected chi connectivity index (χ0v) is 10.8. The molecule has 1 fully saturated rings. The molecule has 3 nitrogen and oxygen atoms in total. The molecule has 2 aliphatic rings. The molecular weight excluding hydrogens is 234 g/mol. The molecule has 1 unspecified atom stereocenters. The molecule has 0 bridgehead atoms. The number of hydrogen-bond acceptors (Lipinski definition) is 4. The number of rotatable bonds is 1. The molecule has 1 atom stereocenters. The van der Waals surface area contributed by atoms with E-state index in [1.165, 1.54) is 0 Å². The molecule has 90 valence electrons. The number of hydrogen-bond donors (Lipinski definition) is 0. The molecule has 0 aliphatic carbocycles. The van der Waals surface area contributed by atoms with Crippen LogP contribution in [-0.4, -0.2) is 30.7 Å². The fourth-order valence-corrected chi connectivity index (χ4v) is 3.13. The van der Waals surface area contributed by atoms with Crippen molar-refractivity contribution < 1.29 is 9.47 Å². The van der Waals surface area contributed by atoms with Gasteiger partial charge in [0.2, 0.25) is 0 Å². The van der Waals surface area contributed by atoms with Crippen molar-refractivity contribution in [3.8, 4) is 5.75 Å². The molecule has 4 heteroatoms. The van der Waals surface area contributed by atoms with Gasteiger partial charge in [-0.2, -0.15) is 0 Å². The summed E-state index contributed by atoms with van der Waals surface area (Å²) in [6, 6.07) is 5.98. The van der Waals surface area contributed by atoms with Crippen molar-refractivity contribution in [3.63, 3.8) is 0 Å². The van der Waals surface area contributed by atoms with Crippen LogP contribution in [-0.2, 0) is 10.5 Å². The molecule has 1 aromatic rings. The summed E-state index contributed by atoms with van der Waals surface area (Å²) in [5.74, 6) is 0.858. The first kappa shape index (κ1) is 11.0. The molecule has 2 aliphatic heterocycles. The number of fused-ring (bicyclic) bond motifs is 2. The van der Waals surface area contributed by atoms with Crippen molar-refractivity contribution in [3.05, 3.63) is 29.3 Å². The molecule has 1 spiro atoms. The van der Waals surface area contributed by atoms with Gasteiger partial charge in [0.15, 0.2) is 10.8 Å². The Hall–Kier alpha value is -1.13. The van der Waals surface area contributed by atoms with Crippen molar-refractivity contribution in [1.29, 1.82) is 0 Å². The van der Waals surface area contributed by atoms with Crippen LogP contribution in [0, 0.1) is 0 Å². The van der Waals surface area contributed by atoms with Gasteiger partial charge >= 0.3 is 0 Å². The van der Waals surface area contributed by atoms with Crippen LogP contribution in [0.2, 0.25) is 0 Å². The van der Waals surface area contributed by atoms with Crippen molar-refractivity contribution >= 4 is 17.3 Å². The van der Waals surface area contributed by atoms with Gasteiger partial charge in [0, 0.05) is 24.1 Å². The summed E-state index contributed by atoms with van der Waals surface area (Å²) in [4.78, 5) is 2.24. The molecule has 17 heavy (non-hydrogen) atoms. The summed E-state index contributed by atoms with van der Waals surface area (Å²) in [6.45, 7) is 1.04. The maximum atomic E-state index is 5.99. The SMILES string of the molecule is COc1ccc2c(c1)C1(CCCN1C)OC2=S. The van der Waals surface area contributed by atoms with E-state index in [2.05, 4.69) is 18.0 Å². The molecule has 1 saturated heterocycles. The number of nitrogens with zero attached hydrogens (tertiary/aromatic N) is 1. The van der Waals surface area contributed by atoms with E-state index in [1.807, 2.05) is 12.1 Å². The average molecular weight is 249 g/mol. The maximum absolute atomic E-state index is 5.99. The van der Waals surface area contributed by atoms with Gasteiger partial charge in [0.1, 0.15) is 5.75 Å². The Morgan fingerprint density at radius 2 is 2.29 bits per heavy atom. The van der Waals surface area contributed by atoms with Crippen LogP contribution in [0.15, 0.2) is 18.2 Å². The highest BCUT2D eigenvalue weighted by Crippen LogP contribution is 2.46. The van der Waals surface area contributed by atoms with Crippen LogP contribution in [0.25, 0.3) is 0 Å². The normalized spacial score (nSPS) is 27.3. The van der Waals surface area contributed by atoms with Gasteiger partial charge in [-0.3, -0.25) is 4.90 Å². The van der Waals surface area contributed by atoms with E-state index in [4.69, 9.17) is 21.7 Å². The summed E-state index contributed by atoms with van der Waals surface area (Å²) in [5, 5.41) is 0.608. The summed E-state index contributed by atoms with van der Waals surface area (Å²) < 4.78 is 11.3. The van der Waals surface area contributed by atoms with Gasteiger partial charge in [0.05, 0.1) is 7.11 Å². The zero-order chi connectivity index (χ0) is 12.0. The zero-order valence-electron chi connectivity index (χ0n) is 10.0. The Morgan fingerprint density at radius 3 is 2.94 bits per heavy atom. The highest BCUT2D eigenvalue weighted by molar-refractivity contribution is 7.80. The van der Waals surface area contributed by atoms with Crippen molar-refractivity contribution in [1.82, 2.24) is 4.90 Å². The first-order valence-corrected chi connectivity index (χ1v) is 6.21. The quantitative estimate of drug-likeness (QED) is 0.712. The Morgan fingerprint density at radius 1 is 1.47 bits per heavy atom. The second-order valence-electron chi connectivity index (χ2n) is 4.61. The van der Waals surface area contributed by atoms with E-state index in [0.29, 0.717) is 5.05 Å². The van der Waals surface area contributed by atoms with E-state index < -0.39 is 0 Å². The van der Waals surface area contributed by atoms with Crippen LogP contribution in [0.4, 0.5) is 0 Å². The van der Waals surface area contributed by atoms with Crippen molar-refractivity contribution in [2.24, 2.45) is 0 Å². The summed E-state index contributed by atoms with van der Waals surface area (Å²) in [7, 11) is 3.77. The van der Waals surface area contributed by atoms with Gasteiger partial charge in [-0.1, -0.05) is 0 Å². The van der Waals surface area contributed by atoms with Crippen LogP contribution in [0.5, 0.6) is 5.75 Å². The molecule has 0 radical (unpaired) electrons. The maximum Gasteiger partial charge on any atom is 0.194 e. The van der Waals surface area contributed by atoms with Crippen LogP contribution >= 0.6 is 12.2 Å². The van der Waals surface area contributed by atoms with Crippen LogP contribution in [0.1, 0.15) is 24.0 Å². The lowest BCUT2D eigenvalue weighted by Crippen LogP contribution is -2.38. The minimum atomic E-state index is -0.346. The highest BCUT2D eigenvalue weighted by atomic mass is 32.1. The fourth-order valence-electron chi connectivity index (χ4n) is 2.81. The summed E-state index contributed by atoms with van der Waals surface area (Å²) in [6.07, 6.45) is 2.12. The number of methoxy groups -OCH3 is 1. The topological polar surface area (TPSA) is 21.7 Å². The Bertz CT molecular complexity index is 488. The number of ether oxygens (including phenoxy) is 2. The first-order valence-electron chi connectivity index (χ1n) is 5.80. The second-order valence-corrected chi connectivity index (χ2v) is 4.98. The molecule has 0 saturated carbocycles. The van der Waals surface area contributed by atoms with Crippen LogP contribution < -0.4 is 4.74 Å². The van der Waals surface area contributed by atoms with Gasteiger partial charge < -0.3 is 9.47 Å². The monoisotopic (exact) mass is 249 g/mol. The number of benzene rings is 1. The molecule has 1 aromatic carbocycles. The van der Waals surface area contributed by atoms with Gasteiger partial charge in [-0.25, -0.2) is 0 Å². The van der Waals surface area contributed by atoms with E-state index >= 15 is 0 Å². The van der Waals surface area contributed by atoms with E-state index in [9.17, 15) is 0 Å². The average Bonchev–Trinajstić information content (AvgIpc) is 2.83. The second kappa shape index (κ2) is 3.68. The minimum Gasteiger partial charge on any atom is -0.497 e. The lowest BCUT2D eigenvalue weighted by atomic mass is 9.97. The van der Waals surface area contributed by atoms with Crippen LogP contribution in [0.3, 0.4) is 0 Å². The summed E-state index contributed by atoms with van der Waals surface area (Å²) >= 11 is 5.33. The Balaban J connectivity index is 2.17. The number of thiocarbonyl (C=S) groups is 1. The van der Waals surface area contributed by atoms with Crippen molar-refractivity contribution in [2.45, 2.75) is 18.6 Å². The van der Waals surface area contributed by atoms with Gasteiger partial charge in [-0.05, 0) is 43.9 Å². The molecule has 0 N–H and O–H groups in total. The third-order valence-electron chi connectivity index (χ3n) is 3.75. The fraction of sp³-hybridized carbons (Fsp3) is 0.462. The highest BCUT2D eigenvalue weighted by Gasteiger charge is 2.49. The Kier molecular flexibility index (Phi) is 2.38. The van der Waals surface area contributed by atoms with Gasteiger partial charge in [-0.15, -0.1) is 0 Å². The third kappa shape index (κ3) is 1.40. The van der Waals surface area contributed by atoms with Crippen molar-refractivity contribution in [2.75, 3.05) is 20.7 Å². The molecule has 2 heterocycles. The lowest BCUT2D eigenvalue weighted by molar-refractivity contribution is -0.0458. The molecule has 0 amide bonds. The predicted octanol–water partition coefficient (Wildman–Crippen LogP) is 2.28.